The Hall–Kier alpha value is -0.870. The Kier molecular flexibility index (Phi) is 5.35. The molecule has 1 aromatic carbocycles. The summed E-state index contributed by atoms with van der Waals surface area (Å²) in [6, 6.07) is 7.29. The van der Waals surface area contributed by atoms with Gasteiger partial charge in [0.2, 0.25) is 0 Å². The van der Waals surface area contributed by atoms with Gasteiger partial charge in [-0.05, 0) is 42.5 Å². The largest absolute Gasteiger partial charge is 0.330 e. The van der Waals surface area contributed by atoms with Crippen LogP contribution in [-0.2, 0) is 9.84 Å². The molecule has 18 heavy (non-hydrogen) atoms. The van der Waals surface area contributed by atoms with Gasteiger partial charge in [0.25, 0.3) is 0 Å². The Labute approximate surface area is 110 Å². The van der Waals surface area contributed by atoms with E-state index < -0.39 is 9.84 Å². The predicted octanol–water partition coefficient (Wildman–Crippen LogP) is 2.57. The highest BCUT2D eigenvalue weighted by Gasteiger charge is 2.17. The van der Waals surface area contributed by atoms with E-state index >= 15 is 0 Å². The van der Waals surface area contributed by atoms with Gasteiger partial charge in [0.15, 0.2) is 9.84 Å². The molecule has 0 aromatic heterocycles. The second-order valence-electron chi connectivity index (χ2n) is 4.82. The number of hydrogen-bond donors (Lipinski definition) is 1. The molecular weight excluding hydrogens is 246 g/mol. The van der Waals surface area contributed by atoms with Crippen molar-refractivity contribution in [3.8, 4) is 0 Å². The van der Waals surface area contributed by atoms with Crippen LogP contribution in [0.4, 0.5) is 0 Å². The minimum Gasteiger partial charge on any atom is -0.330 e. The lowest BCUT2D eigenvalue weighted by atomic mass is 9.87. The van der Waals surface area contributed by atoms with E-state index in [1.54, 1.807) is 19.1 Å². The van der Waals surface area contributed by atoms with E-state index in [2.05, 4.69) is 13.8 Å². The molecule has 1 rings (SSSR count). The minimum atomic E-state index is -3.12. The third-order valence-electron chi connectivity index (χ3n) is 3.60. The first-order chi connectivity index (χ1) is 8.42. The molecule has 0 saturated heterocycles. The zero-order valence-electron chi connectivity index (χ0n) is 11.4. The SMILES string of the molecule is CCS(=O)(=O)c1cccc(C(C)C(C)CCN)c1. The van der Waals surface area contributed by atoms with E-state index in [4.69, 9.17) is 5.73 Å². The summed E-state index contributed by atoms with van der Waals surface area (Å²) in [5.74, 6) is 0.915. The van der Waals surface area contributed by atoms with E-state index in [9.17, 15) is 8.42 Å². The van der Waals surface area contributed by atoms with Crippen molar-refractivity contribution in [2.24, 2.45) is 11.7 Å². The molecule has 0 aliphatic carbocycles. The Morgan fingerprint density at radius 2 is 1.94 bits per heavy atom. The van der Waals surface area contributed by atoms with E-state index in [0.717, 1.165) is 12.0 Å². The second kappa shape index (κ2) is 6.34. The number of benzene rings is 1. The van der Waals surface area contributed by atoms with Crippen LogP contribution in [0.5, 0.6) is 0 Å². The molecule has 0 radical (unpaired) electrons. The van der Waals surface area contributed by atoms with E-state index in [1.807, 2.05) is 12.1 Å². The summed E-state index contributed by atoms with van der Waals surface area (Å²) in [5.41, 5.74) is 6.64. The van der Waals surface area contributed by atoms with Crippen molar-refractivity contribution < 1.29 is 8.42 Å². The molecule has 2 unspecified atom stereocenters. The Morgan fingerprint density at radius 1 is 1.28 bits per heavy atom. The fraction of sp³-hybridized carbons (Fsp3) is 0.571. The summed E-state index contributed by atoms with van der Waals surface area (Å²) >= 11 is 0. The lowest BCUT2D eigenvalue weighted by Gasteiger charge is -2.20. The molecule has 0 bridgehead atoms. The Balaban J connectivity index is 3.02. The van der Waals surface area contributed by atoms with Gasteiger partial charge in [0.1, 0.15) is 0 Å². The van der Waals surface area contributed by atoms with Crippen LogP contribution in [-0.4, -0.2) is 20.7 Å². The maximum Gasteiger partial charge on any atom is 0.178 e. The third kappa shape index (κ3) is 3.56. The number of rotatable bonds is 6. The predicted molar refractivity (Wildman–Crippen MR) is 75.4 cm³/mol. The van der Waals surface area contributed by atoms with Crippen LogP contribution >= 0.6 is 0 Å². The fourth-order valence-corrected chi connectivity index (χ4v) is 2.93. The molecule has 0 spiro atoms. The van der Waals surface area contributed by atoms with Gasteiger partial charge in [0, 0.05) is 0 Å². The first-order valence-electron chi connectivity index (χ1n) is 6.45. The molecule has 4 heteroatoms. The van der Waals surface area contributed by atoms with Crippen molar-refractivity contribution in [3.05, 3.63) is 29.8 Å². The Bertz CT molecular complexity index is 482. The van der Waals surface area contributed by atoms with Crippen LogP contribution in [0.1, 0.15) is 38.7 Å². The summed E-state index contributed by atoms with van der Waals surface area (Å²) in [4.78, 5) is 0.425. The quantitative estimate of drug-likeness (QED) is 0.863. The first kappa shape index (κ1) is 15.2. The van der Waals surface area contributed by atoms with Crippen molar-refractivity contribution >= 4 is 9.84 Å². The molecule has 0 amide bonds. The van der Waals surface area contributed by atoms with Crippen LogP contribution in [0.3, 0.4) is 0 Å². The zero-order chi connectivity index (χ0) is 13.8. The fourth-order valence-electron chi connectivity index (χ4n) is 2.00. The van der Waals surface area contributed by atoms with Gasteiger partial charge in [-0.1, -0.05) is 32.9 Å². The van der Waals surface area contributed by atoms with E-state index in [0.29, 0.717) is 23.3 Å². The number of hydrogen-bond acceptors (Lipinski definition) is 3. The molecule has 3 nitrogen and oxygen atoms in total. The van der Waals surface area contributed by atoms with Crippen LogP contribution in [0.15, 0.2) is 29.2 Å². The van der Waals surface area contributed by atoms with Gasteiger partial charge in [-0.25, -0.2) is 8.42 Å². The van der Waals surface area contributed by atoms with Crippen LogP contribution < -0.4 is 5.73 Å². The van der Waals surface area contributed by atoms with Gasteiger partial charge in [-0.15, -0.1) is 0 Å². The first-order valence-corrected chi connectivity index (χ1v) is 8.10. The standard InChI is InChI=1S/C14H23NO2S/c1-4-18(16,17)14-7-5-6-13(10-14)12(3)11(2)8-9-15/h5-7,10-12H,4,8-9,15H2,1-3H3. The van der Waals surface area contributed by atoms with Crippen molar-refractivity contribution in [2.45, 2.75) is 38.0 Å². The summed E-state index contributed by atoms with van der Waals surface area (Å²) in [7, 11) is -3.12. The average Bonchev–Trinajstić information content (AvgIpc) is 2.38. The van der Waals surface area contributed by atoms with Gasteiger partial charge in [-0.2, -0.15) is 0 Å². The van der Waals surface area contributed by atoms with E-state index in [-0.39, 0.29) is 5.75 Å². The van der Waals surface area contributed by atoms with Gasteiger partial charge < -0.3 is 5.73 Å². The smallest absolute Gasteiger partial charge is 0.178 e. The monoisotopic (exact) mass is 269 g/mol. The van der Waals surface area contributed by atoms with Crippen molar-refractivity contribution in [3.63, 3.8) is 0 Å². The topological polar surface area (TPSA) is 60.2 Å². The van der Waals surface area contributed by atoms with Gasteiger partial charge in [0.05, 0.1) is 10.6 Å². The molecule has 102 valence electrons. The summed E-state index contributed by atoms with van der Waals surface area (Å²) < 4.78 is 23.7. The van der Waals surface area contributed by atoms with Crippen LogP contribution in [0.25, 0.3) is 0 Å². The number of sulfone groups is 1. The maximum absolute atomic E-state index is 11.9. The van der Waals surface area contributed by atoms with Crippen LogP contribution in [0.2, 0.25) is 0 Å². The summed E-state index contributed by atoms with van der Waals surface area (Å²) in [5, 5.41) is 0. The summed E-state index contributed by atoms with van der Waals surface area (Å²) in [6.07, 6.45) is 0.950. The molecule has 0 heterocycles. The third-order valence-corrected chi connectivity index (χ3v) is 5.33. The molecule has 0 aliphatic heterocycles. The van der Waals surface area contributed by atoms with Crippen molar-refractivity contribution in [2.75, 3.05) is 12.3 Å². The minimum absolute atomic E-state index is 0.142. The molecule has 0 aliphatic rings. The van der Waals surface area contributed by atoms with Crippen molar-refractivity contribution in [1.82, 2.24) is 0 Å². The summed E-state index contributed by atoms with van der Waals surface area (Å²) in [6.45, 7) is 6.61. The highest BCUT2D eigenvalue weighted by Crippen LogP contribution is 2.27. The van der Waals surface area contributed by atoms with E-state index in [1.165, 1.54) is 0 Å². The zero-order valence-corrected chi connectivity index (χ0v) is 12.2. The second-order valence-corrected chi connectivity index (χ2v) is 7.10. The Morgan fingerprint density at radius 3 is 2.50 bits per heavy atom. The molecule has 1 aromatic rings. The molecular formula is C14H23NO2S. The van der Waals surface area contributed by atoms with Crippen LogP contribution in [0, 0.1) is 5.92 Å². The normalized spacial score (nSPS) is 15.3. The highest BCUT2D eigenvalue weighted by molar-refractivity contribution is 7.91. The maximum atomic E-state index is 11.9. The lowest BCUT2D eigenvalue weighted by Crippen LogP contribution is -2.12. The lowest BCUT2D eigenvalue weighted by molar-refractivity contribution is 0.459. The molecule has 2 atom stereocenters. The molecule has 0 fully saturated rings. The molecule has 2 N–H and O–H groups in total. The number of nitrogens with two attached hydrogens (primary N) is 1. The molecule has 0 saturated carbocycles. The highest BCUT2D eigenvalue weighted by atomic mass is 32.2. The van der Waals surface area contributed by atoms with Gasteiger partial charge >= 0.3 is 0 Å². The average molecular weight is 269 g/mol. The van der Waals surface area contributed by atoms with Gasteiger partial charge in [-0.3, -0.25) is 0 Å². The van der Waals surface area contributed by atoms with Crippen molar-refractivity contribution in [1.29, 1.82) is 0 Å².